The summed E-state index contributed by atoms with van der Waals surface area (Å²) in [4.78, 5) is 0. The van der Waals surface area contributed by atoms with E-state index in [4.69, 9.17) is 4.74 Å². The van der Waals surface area contributed by atoms with Gasteiger partial charge < -0.3 is 9.84 Å². The number of rotatable bonds is 4. The van der Waals surface area contributed by atoms with E-state index in [1.165, 1.54) is 0 Å². The van der Waals surface area contributed by atoms with E-state index in [2.05, 4.69) is 19.9 Å². The Morgan fingerprint density at radius 1 is 1.25 bits per heavy atom. The Labute approximate surface area is 98.3 Å². The van der Waals surface area contributed by atoms with E-state index < -0.39 is 6.10 Å². The van der Waals surface area contributed by atoms with E-state index in [1.54, 1.807) is 7.11 Å². The van der Waals surface area contributed by atoms with Gasteiger partial charge in [0, 0.05) is 5.56 Å². The third-order valence-electron chi connectivity index (χ3n) is 2.71. The monoisotopic (exact) mass is 222 g/mol. The maximum atomic E-state index is 10.2. The molecule has 2 heteroatoms. The summed E-state index contributed by atoms with van der Waals surface area (Å²) in [5.74, 6) is 1.29. The topological polar surface area (TPSA) is 29.5 Å². The van der Waals surface area contributed by atoms with Crippen LogP contribution in [0.4, 0.5) is 0 Å². The van der Waals surface area contributed by atoms with Crippen molar-refractivity contribution in [2.45, 2.75) is 40.2 Å². The first-order valence-corrected chi connectivity index (χ1v) is 5.79. The molecule has 1 aromatic carbocycles. The van der Waals surface area contributed by atoms with E-state index in [-0.39, 0.29) is 0 Å². The van der Waals surface area contributed by atoms with Gasteiger partial charge in [0.15, 0.2) is 0 Å². The predicted octanol–water partition coefficient (Wildman–Crippen LogP) is 3.39. The minimum absolute atomic E-state index is 0.437. The second-order valence-corrected chi connectivity index (χ2v) is 4.85. The van der Waals surface area contributed by atoms with Crippen LogP contribution >= 0.6 is 0 Å². The highest BCUT2D eigenvalue weighted by Gasteiger charge is 2.16. The van der Waals surface area contributed by atoms with Crippen LogP contribution < -0.4 is 4.74 Å². The zero-order chi connectivity index (χ0) is 12.3. The summed E-state index contributed by atoms with van der Waals surface area (Å²) in [5, 5.41) is 10.2. The summed E-state index contributed by atoms with van der Waals surface area (Å²) >= 11 is 0. The second-order valence-electron chi connectivity index (χ2n) is 4.85. The maximum absolute atomic E-state index is 10.2. The number of ether oxygens (including phenoxy) is 1. The molecule has 0 saturated carbocycles. The van der Waals surface area contributed by atoms with Crippen LogP contribution in [0.15, 0.2) is 12.1 Å². The van der Waals surface area contributed by atoms with E-state index in [9.17, 15) is 5.11 Å². The van der Waals surface area contributed by atoms with Crippen molar-refractivity contribution < 1.29 is 9.84 Å². The normalized spacial score (nSPS) is 12.9. The fourth-order valence-corrected chi connectivity index (χ4v) is 2.09. The van der Waals surface area contributed by atoms with Gasteiger partial charge in [-0.2, -0.15) is 0 Å². The highest BCUT2D eigenvalue weighted by Crippen LogP contribution is 2.33. The quantitative estimate of drug-likeness (QED) is 0.846. The molecule has 0 fully saturated rings. The van der Waals surface area contributed by atoms with Crippen molar-refractivity contribution in [2.75, 3.05) is 7.11 Å². The average molecular weight is 222 g/mol. The molecule has 16 heavy (non-hydrogen) atoms. The number of benzene rings is 1. The van der Waals surface area contributed by atoms with Crippen LogP contribution in [-0.4, -0.2) is 12.2 Å². The van der Waals surface area contributed by atoms with Gasteiger partial charge in [0.25, 0.3) is 0 Å². The van der Waals surface area contributed by atoms with Crippen molar-refractivity contribution in [3.8, 4) is 5.75 Å². The summed E-state index contributed by atoms with van der Waals surface area (Å²) in [6.07, 6.45) is 0.327. The van der Waals surface area contributed by atoms with Crippen LogP contribution in [0.1, 0.15) is 43.1 Å². The van der Waals surface area contributed by atoms with Crippen LogP contribution in [0.3, 0.4) is 0 Å². The summed E-state index contributed by atoms with van der Waals surface area (Å²) in [6.45, 7) is 8.27. The zero-order valence-corrected chi connectivity index (χ0v) is 10.9. The number of aliphatic hydroxyl groups excluding tert-OH is 1. The van der Waals surface area contributed by atoms with E-state index in [0.29, 0.717) is 5.92 Å². The van der Waals surface area contributed by atoms with E-state index >= 15 is 0 Å². The number of hydrogen-bond donors (Lipinski definition) is 1. The molecule has 1 unspecified atom stereocenters. The lowest BCUT2D eigenvalue weighted by Gasteiger charge is -2.19. The Kier molecular flexibility index (Phi) is 4.36. The summed E-state index contributed by atoms with van der Waals surface area (Å²) in [7, 11) is 1.66. The van der Waals surface area contributed by atoms with Gasteiger partial charge in [0.1, 0.15) is 5.75 Å². The fraction of sp³-hybridized carbons (Fsp3) is 0.571. The van der Waals surface area contributed by atoms with Gasteiger partial charge in [-0.1, -0.05) is 25.5 Å². The first-order chi connectivity index (χ1) is 7.45. The number of methoxy groups -OCH3 is 1. The Morgan fingerprint density at radius 3 is 2.38 bits per heavy atom. The fourth-order valence-electron chi connectivity index (χ4n) is 2.09. The third kappa shape index (κ3) is 2.99. The molecule has 0 heterocycles. The first kappa shape index (κ1) is 13.0. The highest BCUT2D eigenvalue weighted by molar-refractivity contribution is 5.44. The lowest BCUT2D eigenvalue weighted by Crippen LogP contribution is -2.05. The van der Waals surface area contributed by atoms with Crippen LogP contribution in [0.5, 0.6) is 5.75 Å². The number of aliphatic hydroxyl groups is 1. The molecule has 1 rings (SSSR count). The molecule has 90 valence electrons. The number of hydrogen-bond acceptors (Lipinski definition) is 2. The van der Waals surface area contributed by atoms with Crippen molar-refractivity contribution in [1.82, 2.24) is 0 Å². The Hall–Kier alpha value is -1.02. The summed E-state index contributed by atoms with van der Waals surface area (Å²) in [6, 6.07) is 4.09. The SMILES string of the molecule is COc1c(C)cc(C)cc1C(O)CC(C)C. The molecule has 1 aromatic rings. The molecule has 0 spiro atoms. The van der Waals surface area contributed by atoms with E-state index in [0.717, 1.165) is 28.9 Å². The average Bonchev–Trinajstić information content (AvgIpc) is 2.15. The minimum atomic E-state index is -0.437. The molecular weight excluding hydrogens is 200 g/mol. The predicted molar refractivity (Wildman–Crippen MR) is 66.9 cm³/mol. The van der Waals surface area contributed by atoms with Gasteiger partial charge >= 0.3 is 0 Å². The molecule has 0 aliphatic heterocycles. The summed E-state index contributed by atoms with van der Waals surface area (Å²) in [5.41, 5.74) is 3.16. The molecule has 0 aliphatic rings. The van der Waals surface area contributed by atoms with Crippen molar-refractivity contribution >= 4 is 0 Å². The van der Waals surface area contributed by atoms with E-state index in [1.807, 2.05) is 19.9 Å². The van der Waals surface area contributed by atoms with Crippen LogP contribution in [-0.2, 0) is 0 Å². The van der Waals surface area contributed by atoms with Crippen LogP contribution in [0, 0.1) is 19.8 Å². The lowest BCUT2D eigenvalue weighted by atomic mass is 9.95. The number of aryl methyl sites for hydroxylation is 2. The van der Waals surface area contributed by atoms with Crippen molar-refractivity contribution in [1.29, 1.82) is 0 Å². The molecular formula is C14H22O2. The molecule has 0 aliphatic carbocycles. The Morgan fingerprint density at radius 2 is 1.88 bits per heavy atom. The molecule has 0 radical (unpaired) electrons. The van der Waals surface area contributed by atoms with Gasteiger partial charge in [-0.05, 0) is 37.8 Å². The first-order valence-electron chi connectivity index (χ1n) is 5.79. The van der Waals surface area contributed by atoms with Gasteiger partial charge in [-0.3, -0.25) is 0 Å². The smallest absolute Gasteiger partial charge is 0.127 e. The van der Waals surface area contributed by atoms with Gasteiger partial charge in [-0.15, -0.1) is 0 Å². The standard InChI is InChI=1S/C14H22O2/c1-9(2)6-13(15)12-8-10(3)7-11(4)14(12)16-5/h7-9,13,15H,6H2,1-5H3. The molecule has 0 bridgehead atoms. The van der Waals surface area contributed by atoms with Crippen LogP contribution in [0.25, 0.3) is 0 Å². The Balaban J connectivity index is 3.10. The Bertz CT molecular complexity index is 356. The van der Waals surface area contributed by atoms with Crippen LogP contribution in [0.2, 0.25) is 0 Å². The lowest BCUT2D eigenvalue weighted by molar-refractivity contribution is 0.147. The minimum Gasteiger partial charge on any atom is -0.496 e. The highest BCUT2D eigenvalue weighted by atomic mass is 16.5. The van der Waals surface area contributed by atoms with Gasteiger partial charge in [0.2, 0.25) is 0 Å². The second kappa shape index (κ2) is 5.35. The molecule has 2 nitrogen and oxygen atoms in total. The molecule has 0 saturated heterocycles. The van der Waals surface area contributed by atoms with Crippen molar-refractivity contribution in [3.05, 3.63) is 28.8 Å². The molecule has 0 amide bonds. The molecule has 0 aromatic heterocycles. The van der Waals surface area contributed by atoms with Gasteiger partial charge in [-0.25, -0.2) is 0 Å². The van der Waals surface area contributed by atoms with Gasteiger partial charge in [0.05, 0.1) is 13.2 Å². The largest absolute Gasteiger partial charge is 0.496 e. The maximum Gasteiger partial charge on any atom is 0.127 e. The van der Waals surface area contributed by atoms with Crippen molar-refractivity contribution in [2.24, 2.45) is 5.92 Å². The third-order valence-corrected chi connectivity index (χ3v) is 2.71. The zero-order valence-electron chi connectivity index (χ0n) is 10.9. The summed E-state index contributed by atoms with van der Waals surface area (Å²) < 4.78 is 5.37. The van der Waals surface area contributed by atoms with Crippen molar-refractivity contribution in [3.63, 3.8) is 0 Å². The molecule has 1 atom stereocenters. The molecule has 1 N–H and O–H groups in total.